The molecule has 9 nitrogen and oxygen atoms in total. The van der Waals surface area contributed by atoms with Crippen LogP contribution in [0.1, 0.15) is 219 Å². The highest BCUT2D eigenvalue weighted by molar-refractivity contribution is 5.70. The zero-order valence-corrected chi connectivity index (χ0v) is 48.4. The number of allylic oxidation sites excluding steroid dienone is 20. The Balaban J connectivity index is 4.15. The smallest absolute Gasteiger partial charge is 0.306 e. The lowest BCUT2D eigenvalue weighted by Gasteiger charge is -2.26. The van der Waals surface area contributed by atoms with Gasteiger partial charge in [0.25, 0.3) is 0 Å². The molecule has 0 saturated carbocycles. The maximum atomic E-state index is 12.8. The van der Waals surface area contributed by atoms with E-state index < -0.39 is 24.3 Å². The van der Waals surface area contributed by atoms with Crippen molar-refractivity contribution in [2.75, 3.05) is 47.5 Å². The van der Waals surface area contributed by atoms with Gasteiger partial charge in [-0.1, -0.05) is 238 Å². The van der Waals surface area contributed by atoms with Crippen molar-refractivity contribution in [3.63, 3.8) is 0 Å². The molecule has 0 amide bonds. The molecule has 0 spiro atoms. The SMILES string of the molecule is CC/C=C\C/C=C\C/C=C\C/C=C\C/C=C\C/C=C\C/C=C\C/C=C\C/C=C\C/C=C\CCCCCCCCCCC(=O)OC(COC(=O)CCCCCCCCCCCCC)COC(OCC[N+](C)(C)C)C(=O)[O-]. The van der Waals surface area contributed by atoms with Crippen LogP contribution in [-0.4, -0.2) is 82.3 Å². The van der Waals surface area contributed by atoms with E-state index in [0.29, 0.717) is 17.4 Å². The maximum absolute atomic E-state index is 12.8. The standard InChI is InChI=1S/C66H109NO8/c1-6-8-10-12-14-16-18-19-20-21-22-23-24-25-26-27-28-29-30-31-32-33-34-35-36-37-38-39-40-41-42-43-44-45-47-49-51-53-55-57-64(69)75-62(61-74-66(65(70)71)72-59-58-67(3,4)5)60-73-63(68)56-54-52-50-48-46-17-15-13-11-9-7-2/h8,10,14,16,19-20,22-23,25-26,28-29,31-32,34-35,37-38,40-41,62,66H,6-7,9,11-13,15,17-18,21,24,27,30,33,36,39,42-61H2,1-5H3/b10-8-,16-14-,20-19-,23-22-,26-25-,29-28-,32-31-,35-34-,38-37-,41-40-. The van der Waals surface area contributed by atoms with Crippen molar-refractivity contribution in [3.05, 3.63) is 122 Å². The monoisotopic (exact) mass is 1040 g/mol. The van der Waals surface area contributed by atoms with Gasteiger partial charge in [0, 0.05) is 12.8 Å². The van der Waals surface area contributed by atoms with E-state index in [0.717, 1.165) is 109 Å². The first kappa shape index (κ1) is 70.7. The molecule has 426 valence electrons. The summed E-state index contributed by atoms with van der Waals surface area (Å²) in [6.45, 7) is 4.60. The Morgan fingerprint density at radius 2 is 0.760 bits per heavy atom. The second-order valence-electron chi connectivity index (χ2n) is 20.6. The number of hydrogen-bond donors (Lipinski definition) is 0. The maximum Gasteiger partial charge on any atom is 0.306 e. The first-order valence-electron chi connectivity index (χ1n) is 29.7. The van der Waals surface area contributed by atoms with E-state index in [2.05, 4.69) is 135 Å². The van der Waals surface area contributed by atoms with Crippen molar-refractivity contribution in [2.24, 2.45) is 0 Å². The van der Waals surface area contributed by atoms with Crippen LogP contribution >= 0.6 is 0 Å². The summed E-state index contributed by atoms with van der Waals surface area (Å²) in [5.74, 6) is -2.30. The van der Waals surface area contributed by atoms with Gasteiger partial charge in [0.2, 0.25) is 0 Å². The van der Waals surface area contributed by atoms with Crippen molar-refractivity contribution >= 4 is 17.9 Å². The average Bonchev–Trinajstić information content (AvgIpc) is 3.38. The zero-order valence-electron chi connectivity index (χ0n) is 48.4. The Labute approximate surface area is 459 Å². The largest absolute Gasteiger partial charge is 0.545 e. The summed E-state index contributed by atoms with van der Waals surface area (Å²) >= 11 is 0. The van der Waals surface area contributed by atoms with Crippen LogP contribution in [0.5, 0.6) is 0 Å². The van der Waals surface area contributed by atoms with E-state index in [1.165, 1.54) is 77.0 Å². The fourth-order valence-corrected chi connectivity index (χ4v) is 7.68. The summed E-state index contributed by atoms with van der Waals surface area (Å²) < 4.78 is 22.6. The molecule has 2 atom stereocenters. The van der Waals surface area contributed by atoms with Gasteiger partial charge in [-0.2, -0.15) is 0 Å². The molecule has 0 aromatic heterocycles. The first-order valence-corrected chi connectivity index (χ1v) is 29.7. The molecule has 0 rings (SSSR count). The Morgan fingerprint density at radius 3 is 1.13 bits per heavy atom. The summed E-state index contributed by atoms with van der Waals surface area (Å²) in [7, 11) is 5.91. The van der Waals surface area contributed by atoms with Gasteiger partial charge in [-0.15, -0.1) is 0 Å². The normalized spacial score (nSPS) is 13.7. The van der Waals surface area contributed by atoms with Crippen LogP contribution in [0, 0.1) is 0 Å². The minimum atomic E-state index is -1.63. The van der Waals surface area contributed by atoms with Crippen LogP contribution in [0.4, 0.5) is 0 Å². The molecule has 0 heterocycles. The van der Waals surface area contributed by atoms with E-state index in [1.54, 1.807) is 0 Å². The van der Waals surface area contributed by atoms with Crippen molar-refractivity contribution in [1.29, 1.82) is 0 Å². The number of carbonyl (C=O) groups excluding carboxylic acids is 3. The van der Waals surface area contributed by atoms with Crippen LogP contribution in [0.3, 0.4) is 0 Å². The highest BCUT2D eigenvalue weighted by atomic mass is 16.7. The molecule has 0 aliphatic carbocycles. The Kier molecular flexibility index (Phi) is 52.7. The summed E-state index contributed by atoms with van der Waals surface area (Å²) in [4.78, 5) is 37.1. The number of quaternary nitrogens is 1. The Hall–Kier alpha value is -4.31. The van der Waals surface area contributed by atoms with E-state index in [4.69, 9.17) is 18.9 Å². The van der Waals surface area contributed by atoms with Crippen LogP contribution in [-0.2, 0) is 33.3 Å². The number of carbonyl (C=O) groups is 3. The third-order valence-corrected chi connectivity index (χ3v) is 12.2. The molecule has 0 aliphatic rings. The number of ether oxygens (including phenoxy) is 4. The van der Waals surface area contributed by atoms with Gasteiger partial charge in [-0.25, -0.2) is 0 Å². The first-order chi connectivity index (χ1) is 36.6. The third-order valence-electron chi connectivity index (χ3n) is 12.2. The fraction of sp³-hybridized carbons (Fsp3) is 0.652. The molecule has 0 N–H and O–H groups in total. The number of carboxylic acids is 1. The average molecular weight is 1040 g/mol. The zero-order chi connectivity index (χ0) is 54.8. The van der Waals surface area contributed by atoms with Gasteiger partial charge in [0.1, 0.15) is 13.2 Å². The number of carboxylic acid groups (broad SMARTS) is 1. The Bertz CT molecular complexity index is 1640. The summed E-state index contributed by atoms with van der Waals surface area (Å²) in [5.41, 5.74) is 0. The number of nitrogens with zero attached hydrogens (tertiary/aromatic N) is 1. The molecule has 0 saturated heterocycles. The number of rotatable bonds is 53. The number of aliphatic carboxylic acids is 1. The molecule has 9 heteroatoms. The minimum absolute atomic E-state index is 0.142. The predicted molar refractivity (Wildman–Crippen MR) is 315 cm³/mol. The molecule has 75 heavy (non-hydrogen) atoms. The lowest BCUT2D eigenvalue weighted by molar-refractivity contribution is -0.870. The lowest BCUT2D eigenvalue weighted by Crippen LogP contribution is -2.44. The van der Waals surface area contributed by atoms with Gasteiger partial charge >= 0.3 is 11.9 Å². The topological polar surface area (TPSA) is 111 Å². The Morgan fingerprint density at radius 1 is 0.413 bits per heavy atom. The van der Waals surface area contributed by atoms with Gasteiger partial charge in [0.15, 0.2) is 12.4 Å². The highest BCUT2D eigenvalue weighted by Crippen LogP contribution is 2.15. The van der Waals surface area contributed by atoms with Crippen LogP contribution < -0.4 is 5.11 Å². The minimum Gasteiger partial charge on any atom is -0.545 e. The molecule has 2 unspecified atom stereocenters. The van der Waals surface area contributed by atoms with Crippen LogP contribution in [0.25, 0.3) is 0 Å². The molecular weight excluding hydrogens is 935 g/mol. The van der Waals surface area contributed by atoms with Gasteiger partial charge in [-0.05, 0) is 89.9 Å². The summed E-state index contributed by atoms with van der Waals surface area (Å²) in [5, 5.41) is 11.7. The molecule has 0 aromatic rings. The third kappa shape index (κ3) is 57.2. The molecule has 0 bridgehead atoms. The summed E-state index contributed by atoms with van der Waals surface area (Å²) in [6, 6.07) is 0. The highest BCUT2D eigenvalue weighted by Gasteiger charge is 2.22. The van der Waals surface area contributed by atoms with Crippen molar-refractivity contribution < 1.29 is 42.9 Å². The van der Waals surface area contributed by atoms with E-state index in [-0.39, 0.29) is 38.6 Å². The molecule has 0 aliphatic heterocycles. The number of esters is 2. The van der Waals surface area contributed by atoms with Crippen LogP contribution in [0.2, 0.25) is 0 Å². The number of unbranched alkanes of at least 4 members (excludes halogenated alkanes) is 18. The van der Waals surface area contributed by atoms with Gasteiger partial charge in [0.05, 0.1) is 40.3 Å². The van der Waals surface area contributed by atoms with E-state index in [1.807, 2.05) is 21.1 Å². The predicted octanol–water partition coefficient (Wildman–Crippen LogP) is 16.3. The molecular formula is C66H109NO8. The quantitative estimate of drug-likeness (QED) is 0.0195. The molecule has 0 aromatic carbocycles. The van der Waals surface area contributed by atoms with Crippen molar-refractivity contribution in [2.45, 2.75) is 232 Å². The fourth-order valence-electron chi connectivity index (χ4n) is 7.68. The van der Waals surface area contributed by atoms with Gasteiger partial charge in [-0.3, -0.25) is 9.59 Å². The van der Waals surface area contributed by atoms with Crippen molar-refractivity contribution in [3.8, 4) is 0 Å². The van der Waals surface area contributed by atoms with Crippen LogP contribution in [0.15, 0.2) is 122 Å². The second kappa shape index (κ2) is 55.9. The molecule has 0 fully saturated rings. The number of likely N-dealkylation sites (N-methyl/N-ethyl adjacent to an activating group) is 1. The second-order valence-corrected chi connectivity index (χ2v) is 20.6. The summed E-state index contributed by atoms with van der Waals surface area (Å²) in [6.07, 6.45) is 75.5. The van der Waals surface area contributed by atoms with E-state index in [9.17, 15) is 19.5 Å². The number of hydrogen-bond acceptors (Lipinski definition) is 8. The molecule has 0 radical (unpaired) electrons. The van der Waals surface area contributed by atoms with Gasteiger partial charge < -0.3 is 33.3 Å². The lowest BCUT2D eigenvalue weighted by atomic mass is 10.1. The van der Waals surface area contributed by atoms with E-state index >= 15 is 0 Å². The van der Waals surface area contributed by atoms with Crippen molar-refractivity contribution in [1.82, 2.24) is 0 Å².